The van der Waals surface area contributed by atoms with Gasteiger partial charge in [-0.1, -0.05) is 23.1 Å². The SMILES string of the molecule is Cc1cc(NCCCSc2nnc(C)s2)n2nccc2n1. The Morgan fingerprint density at radius 3 is 3.05 bits per heavy atom. The van der Waals surface area contributed by atoms with Crippen molar-refractivity contribution >= 4 is 34.6 Å². The molecule has 0 spiro atoms. The van der Waals surface area contributed by atoms with E-state index in [-0.39, 0.29) is 0 Å². The van der Waals surface area contributed by atoms with Crippen molar-refractivity contribution in [2.75, 3.05) is 17.6 Å². The molecule has 3 aromatic heterocycles. The van der Waals surface area contributed by atoms with E-state index in [9.17, 15) is 0 Å². The Labute approximate surface area is 131 Å². The maximum absolute atomic E-state index is 4.43. The summed E-state index contributed by atoms with van der Waals surface area (Å²) in [4.78, 5) is 4.43. The molecule has 3 heterocycles. The predicted octanol–water partition coefficient (Wildman–Crippen LogP) is 2.79. The third kappa shape index (κ3) is 3.51. The number of fused-ring (bicyclic) bond motifs is 1. The lowest BCUT2D eigenvalue weighted by molar-refractivity contribution is 0.899. The molecule has 0 aliphatic rings. The first kappa shape index (κ1) is 14.3. The molecule has 0 fully saturated rings. The number of thioether (sulfide) groups is 1. The minimum Gasteiger partial charge on any atom is -0.370 e. The summed E-state index contributed by atoms with van der Waals surface area (Å²) in [6, 6.07) is 3.92. The molecule has 0 amide bonds. The molecule has 0 radical (unpaired) electrons. The largest absolute Gasteiger partial charge is 0.370 e. The van der Waals surface area contributed by atoms with Crippen molar-refractivity contribution in [1.29, 1.82) is 0 Å². The van der Waals surface area contributed by atoms with Gasteiger partial charge in [0.25, 0.3) is 0 Å². The fraction of sp³-hybridized carbons (Fsp3) is 0.385. The van der Waals surface area contributed by atoms with Gasteiger partial charge in [-0.15, -0.1) is 10.2 Å². The quantitative estimate of drug-likeness (QED) is 0.556. The van der Waals surface area contributed by atoms with Crippen molar-refractivity contribution in [2.24, 2.45) is 0 Å². The third-order valence-corrected chi connectivity index (χ3v) is 4.91. The summed E-state index contributed by atoms with van der Waals surface area (Å²) >= 11 is 3.40. The molecule has 21 heavy (non-hydrogen) atoms. The number of rotatable bonds is 6. The van der Waals surface area contributed by atoms with Crippen molar-refractivity contribution in [1.82, 2.24) is 24.8 Å². The smallest absolute Gasteiger partial charge is 0.174 e. The molecule has 0 aliphatic heterocycles. The molecule has 0 aliphatic carbocycles. The van der Waals surface area contributed by atoms with Gasteiger partial charge < -0.3 is 5.32 Å². The highest BCUT2D eigenvalue weighted by Crippen LogP contribution is 2.22. The van der Waals surface area contributed by atoms with Crippen molar-refractivity contribution in [2.45, 2.75) is 24.6 Å². The molecular formula is C13H16N6S2. The lowest BCUT2D eigenvalue weighted by Crippen LogP contribution is -2.08. The standard InChI is InChI=1S/C13H16N6S2/c1-9-8-12(19-11(16-9)4-6-15-19)14-5-3-7-20-13-18-17-10(2)21-13/h4,6,8,14H,3,5,7H2,1-2H3. The van der Waals surface area contributed by atoms with E-state index < -0.39 is 0 Å². The van der Waals surface area contributed by atoms with Gasteiger partial charge in [0.05, 0.1) is 6.20 Å². The fourth-order valence-corrected chi connectivity index (χ4v) is 3.77. The van der Waals surface area contributed by atoms with Gasteiger partial charge in [0.1, 0.15) is 10.8 Å². The van der Waals surface area contributed by atoms with Crippen LogP contribution in [0, 0.1) is 13.8 Å². The van der Waals surface area contributed by atoms with Crippen LogP contribution in [-0.2, 0) is 0 Å². The van der Waals surface area contributed by atoms with Gasteiger partial charge in [0.15, 0.2) is 9.99 Å². The molecule has 0 unspecified atom stereocenters. The van der Waals surface area contributed by atoms with E-state index in [1.54, 1.807) is 29.3 Å². The molecule has 0 bridgehead atoms. The fourth-order valence-electron chi connectivity index (χ4n) is 1.95. The van der Waals surface area contributed by atoms with Gasteiger partial charge in [-0.25, -0.2) is 4.98 Å². The first-order valence-corrected chi connectivity index (χ1v) is 8.51. The zero-order valence-electron chi connectivity index (χ0n) is 11.9. The molecule has 1 N–H and O–H groups in total. The number of aromatic nitrogens is 5. The topological polar surface area (TPSA) is 68.0 Å². The van der Waals surface area contributed by atoms with Crippen LogP contribution in [0.3, 0.4) is 0 Å². The van der Waals surface area contributed by atoms with Crippen LogP contribution in [0.15, 0.2) is 22.7 Å². The summed E-state index contributed by atoms with van der Waals surface area (Å²) < 4.78 is 2.87. The minimum atomic E-state index is 0.871. The highest BCUT2D eigenvalue weighted by atomic mass is 32.2. The maximum Gasteiger partial charge on any atom is 0.174 e. The molecule has 3 rings (SSSR count). The Kier molecular flexibility index (Phi) is 4.35. The summed E-state index contributed by atoms with van der Waals surface area (Å²) in [5, 5.41) is 16.8. The lowest BCUT2D eigenvalue weighted by atomic mass is 10.4. The number of aryl methyl sites for hydroxylation is 2. The molecule has 3 aromatic rings. The van der Waals surface area contributed by atoms with Gasteiger partial charge >= 0.3 is 0 Å². The summed E-state index contributed by atoms with van der Waals surface area (Å²) in [6.45, 7) is 4.86. The van der Waals surface area contributed by atoms with Crippen molar-refractivity contribution < 1.29 is 0 Å². The normalized spacial score (nSPS) is 11.1. The van der Waals surface area contributed by atoms with E-state index in [0.29, 0.717) is 0 Å². The van der Waals surface area contributed by atoms with E-state index in [1.165, 1.54) is 0 Å². The van der Waals surface area contributed by atoms with Crippen LogP contribution in [0.2, 0.25) is 0 Å². The Balaban J connectivity index is 1.51. The molecule has 0 aromatic carbocycles. The second kappa shape index (κ2) is 6.40. The maximum atomic E-state index is 4.43. The average molecular weight is 320 g/mol. The number of anilines is 1. The van der Waals surface area contributed by atoms with Crippen LogP contribution >= 0.6 is 23.1 Å². The number of hydrogen-bond acceptors (Lipinski definition) is 7. The summed E-state index contributed by atoms with van der Waals surface area (Å²) in [6.07, 6.45) is 2.81. The lowest BCUT2D eigenvalue weighted by Gasteiger charge is -2.08. The summed E-state index contributed by atoms with van der Waals surface area (Å²) in [5.74, 6) is 2.01. The van der Waals surface area contributed by atoms with Crippen molar-refractivity contribution in [3.63, 3.8) is 0 Å². The number of hydrogen-bond donors (Lipinski definition) is 1. The van der Waals surface area contributed by atoms with E-state index in [4.69, 9.17) is 0 Å². The number of nitrogens with zero attached hydrogens (tertiary/aromatic N) is 5. The van der Waals surface area contributed by atoms with Gasteiger partial charge in [-0.2, -0.15) is 9.61 Å². The predicted molar refractivity (Wildman–Crippen MR) is 86.2 cm³/mol. The highest BCUT2D eigenvalue weighted by molar-refractivity contribution is 8.01. The summed E-state index contributed by atoms with van der Waals surface area (Å²) in [5.41, 5.74) is 1.86. The van der Waals surface area contributed by atoms with Crippen molar-refractivity contribution in [3.05, 3.63) is 29.0 Å². The minimum absolute atomic E-state index is 0.871. The molecule has 6 nitrogen and oxygen atoms in total. The van der Waals surface area contributed by atoms with Crippen molar-refractivity contribution in [3.8, 4) is 0 Å². The Morgan fingerprint density at radius 1 is 1.33 bits per heavy atom. The van der Waals surface area contributed by atoms with Gasteiger partial charge in [-0.3, -0.25) is 0 Å². The van der Waals surface area contributed by atoms with Crippen LogP contribution in [0.1, 0.15) is 17.1 Å². The third-order valence-electron chi connectivity index (χ3n) is 2.85. The molecule has 110 valence electrons. The Hall–Kier alpha value is -1.67. The second-order valence-corrected chi connectivity index (χ2v) is 7.12. The number of nitrogens with one attached hydrogen (secondary N) is 1. The molecular weight excluding hydrogens is 304 g/mol. The molecule has 0 atom stereocenters. The first-order chi connectivity index (χ1) is 10.2. The monoisotopic (exact) mass is 320 g/mol. The average Bonchev–Trinajstić information content (AvgIpc) is 3.07. The Bertz CT molecular complexity index is 735. The van der Waals surface area contributed by atoms with Crippen LogP contribution in [0.5, 0.6) is 0 Å². The van der Waals surface area contributed by atoms with Gasteiger partial charge in [0.2, 0.25) is 0 Å². The highest BCUT2D eigenvalue weighted by Gasteiger charge is 2.04. The second-order valence-electron chi connectivity index (χ2n) is 4.60. The van der Waals surface area contributed by atoms with Gasteiger partial charge in [0, 0.05) is 30.1 Å². The summed E-state index contributed by atoms with van der Waals surface area (Å²) in [7, 11) is 0. The van der Waals surface area contributed by atoms with E-state index >= 15 is 0 Å². The van der Waals surface area contributed by atoms with Crippen LogP contribution in [0.4, 0.5) is 5.82 Å². The zero-order valence-corrected chi connectivity index (χ0v) is 13.5. The van der Waals surface area contributed by atoms with Crippen LogP contribution < -0.4 is 5.32 Å². The Morgan fingerprint density at radius 2 is 2.24 bits per heavy atom. The first-order valence-electron chi connectivity index (χ1n) is 6.70. The van der Waals surface area contributed by atoms with Gasteiger partial charge in [-0.05, 0) is 20.3 Å². The molecule has 0 saturated carbocycles. The van der Waals surface area contributed by atoms with Crippen LogP contribution in [-0.4, -0.2) is 37.1 Å². The van der Waals surface area contributed by atoms with E-state index in [2.05, 4.69) is 25.6 Å². The van der Waals surface area contributed by atoms with E-state index in [0.717, 1.165) is 45.2 Å². The zero-order chi connectivity index (χ0) is 14.7. The van der Waals surface area contributed by atoms with E-state index in [1.807, 2.05) is 30.5 Å². The molecule has 0 saturated heterocycles. The molecule has 8 heteroatoms. The van der Waals surface area contributed by atoms with Crippen LogP contribution in [0.25, 0.3) is 5.65 Å².